The Labute approximate surface area is 115 Å². The first kappa shape index (κ1) is 15.4. The number of carbonyl (C=O) groups excluding carboxylic acids is 2. The SMILES string of the molecule is CCNC(=O)NC(=O)C(C)Oc1ccccc1[N+](=O)[O-]. The van der Waals surface area contributed by atoms with Gasteiger partial charge in [-0.25, -0.2) is 4.79 Å². The Morgan fingerprint density at radius 2 is 2.05 bits per heavy atom. The number of ether oxygens (including phenoxy) is 1. The molecule has 0 aliphatic heterocycles. The van der Waals surface area contributed by atoms with Gasteiger partial charge in [-0.15, -0.1) is 0 Å². The summed E-state index contributed by atoms with van der Waals surface area (Å²) in [6, 6.07) is 5.05. The van der Waals surface area contributed by atoms with E-state index in [1.54, 1.807) is 13.0 Å². The van der Waals surface area contributed by atoms with Crippen LogP contribution in [0.1, 0.15) is 13.8 Å². The molecule has 1 atom stereocenters. The van der Waals surface area contributed by atoms with Gasteiger partial charge in [0.25, 0.3) is 5.91 Å². The largest absolute Gasteiger partial charge is 0.474 e. The fourth-order valence-electron chi connectivity index (χ4n) is 1.37. The Morgan fingerprint density at radius 1 is 1.40 bits per heavy atom. The Morgan fingerprint density at radius 3 is 2.65 bits per heavy atom. The smallest absolute Gasteiger partial charge is 0.321 e. The summed E-state index contributed by atoms with van der Waals surface area (Å²) in [5, 5.41) is 15.3. The normalized spacial score (nSPS) is 11.3. The van der Waals surface area contributed by atoms with Crippen LogP contribution in [-0.2, 0) is 4.79 Å². The number of nitro benzene ring substituents is 1. The van der Waals surface area contributed by atoms with Crippen molar-refractivity contribution in [1.29, 1.82) is 0 Å². The van der Waals surface area contributed by atoms with Gasteiger partial charge in [-0.2, -0.15) is 0 Å². The van der Waals surface area contributed by atoms with E-state index in [1.165, 1.54) is 25.1 Å². The van der Waals surface area contributed by atoms with Crippen molar-refractivity contribution in [1.82, 2.24) is 10.6 Å². The van der Waals surface area contributed by atoms with E-state index in [0.717, 1.165) is 0 Å². The number of urea groups is 1. The summed E-state index contributed by atoms with van der Waals surface area (Å²) in [5.74, 6) is -0.717. The quantitative estimate of drug-likeness (QED) is 0.622. The number of hydrogen-bond acceptors (Lipinski definition) is 5. The molecule has 20 heavy (non-hydrogen) atoms. The summed E-state index contributed by atoms with van der Waals surface area (Å²) in [7, 11) is 0. The molecule has 3 amide bonds. The first-order valence-corrected chi connectivity index (χ1v) is 5.94. The zero-order valence-electron chi connectivity index (χ0n) is 11.1. The minimum Gasteiger partial charge on any atom is -0.474 e. The third-order valence-electron chi connectivity index (χ3n) is 2.31. The van der Waals surface area contributed by atoms with E-state index in [4.69, 9.17) is 4.74 Å². The van der Waals surface area contributed by atoms with Crippen molar-refractivity contribution in [3.63, 3.8) is 0 Å². The molecule has 0 bridgehead atoms. The van der Waals surface area contributed by atoms with Gasteiger partial charge in [0.05, 0.1) is 4.92 Å². The minimum atomic E-state index is -1.04. The van der Waals surface area contributed by atoms with Crippen LogP contribution in [0.4, 0.5) is 10.5 Å². The molecule has 0 aliphatic rings. The summed E-state index contributed by atoms with van der Waals surface area (Å²) in [4.78, 5) is 33.0. The molecule has 8 nitrogen and oxygen atoms in total. The summed E-state index contributed by atoms with van der Waals surface area (Å²) < 4.78 is 5.21. The van der Waals surface area contributed by atoms with Crippen LogP contribution in [0.2, 0.25) is 0 Å². The lowest BCUT2D eigenvalue weighted by Crippen LogP contribution is -2.45. The number of nitro groups is 1. The Kier molecular flexibility index (Phi) is 5.45. The third kappa shape index (κ3) is 4.23. The van der Waals surface area contributed by atoms with Crippen LogP contribution in [-0.4, -0.2) is 29.5 Å². The van der Waals surface area contributed by atoms with Crippen LogP contribution < -0.4 is 15.4 Å². The van der Waals surface area contributed by atoms with E-state index in [2.05, 4.69) is 10.6 Å². The lowest BCUT2D eigenvalue weighted by Gasteiger charge is -2.14. The molecular formula is C12H15N3O5. The van der Waals surface area contributed by atoms with E-state index in [9.17, 15) is 19.7 Å². The Bertz CT molecular complexity index is 518. The topological polar surface area (TPSA) is 111 Å². The highest BCUT2D eigenvalue weighted by atomic mass is 16.6. The molecule has 0 spiro atoms. The summed E-state index contributed by atoms with van der Waals surface area (Å²) in [5.41, 5.74) is -0.245. The average molecular weight is 281 g/mol. The van der Waals surface area contributed by atoms with Crippen LogP contribution in [0.15, 0.2) is 24.3 Å². The van der Waals surface area contributed by atoms with Gasteiger partial charge in [0.15, 0.2) is 11.9 Å². The number of amides is 3. The lowest BCUT2D eigenvalue weighted by atomic mass is 10.3. The molecule has 0 heterocycles. The van der Waals surface area contributed by atoms with Crippen molar-refractivity contribution < 1.29 is 19.2 Å². The number of carbonyl (C=O) groups is 2. The number of para-hydroxylation sites is 2. The van der Waals surface area contributed by atoms with Crippen molar-refractivity contribution in [2.45, 2.75) is 20.0 Å². The zero-order chi connectivity index (χ0) is 15.1. The molecule has 0 radical (unpaired) electrons. The van der Waals surface area contributed by atoms with E-state index >= 15 is 0 Å². The van der Waals surface area contributed by atoms with Gasteiger partial charge in [-0.3, -0.25) is 20.2 Å². The van der Waals surface area contributed by atoms with Crippen molar-refractivity contribution in [3.8, 4) is 5.75 Å². The highest BCUT2D eigenvalue weighted by molar-refractivity contribution is 5.96. The minimum absolute atomic E-state index is 0.0314. The van der Waals surface area contributed by atoms with E-state index in [-0.39, 0.29) is 11.4 Å². The second kappa shape index (κ2) is 7.07. The maximum absolute atomic E-state index is 11.6. The van der Waals surface area contributed by atoms with Crippen LogP contribution in [0.25, 0.3) is 0 Å². The molecule has 2 N–H and O–H groups in total. The zero-order valence-corrected chi connectivity index (χ0v) is 11.1. The molecule has 0 saturated carbocycles. The highest BCUT2D eigenvalue weighted by Crippen LogP contribution is 2.26. The summed E-state index contributed by atoms with van der Waals surface area (Å²) in [6.45, 7) is 3.47. The van der Waals surface area contributed by atoms with Crippen molar-refractivity contribution in [3.05, 3.63) is 34.4 Å². The first-order valence-electron chi connectivity index (χ1n) is 5.94. The van der Waals surface area contributed by atoms with Crippen LogP contribution in [0.3, 0.4) is 0 Å². The van der Waals surface area contributed by atoms with Gasteiger partial charge in [0.2, 0.25) is 0 Å². The number of nitrogens with one attached hydrogen (secondary N) is 2. The Balaban J connectivity index is 2.71. The van der Waals surface area contributed by atoms with Crippen molar-refractivity contribution >= 4 is 17.6 Å². The number of rotatable bonds is 5. The molecule has 108 valence electrons. The predicted octanol–water partition coefficient (Wildman–Crippen LogP) is 1.21. The van der Waals surface area contributed by atoms with Crippen molar-refractivity contribution in [2.75, 3.05) is 6.54 Å². The summed E-state index contributed by atoms with van der Waals surface area (Å²) in [6.07, 6.45) is -1.04. The van der Waals surface area contributed by atoms with Crippen LogP contribution in [0.5, 0.6) is 5.75 Å². The van der Waals surface area contributed by atoms with Crippen molar-refractivity contribution in [2.24, 2.45) is 0 Å². The maximum Gasteiger partial charge on any atom is 0.321 e. The van der Waals surface area contributed by atoms with Gasteiger partial charge in [-0.05, 0) is 19.9 Å². The molecule has 0 fully saturated rings. The number of benzene rings is 1. The fraction of sp³-hybridized carbons (Fsp3) is 0.333. The Hall–Kier alpha value is -2.64. The molecule has 8 heteroatoms. The van der Waals surface area contributed by atoms with Gasteiger partial charge in [0.1, 0.15) is 0 Å². The van der Waals surface area contributed by atoms with Crippen LogP contribution in [0, 0.1) is 10.1 Å². The predicted molar refractivity (Wildman–Crippen MR) is 70.4 cm³/mol. The maximum atomic E-state index is 11.6. The molecule has 0 saturated heterocycles. The third-order valence-corrected chi connectivity index (χ3v) is 2.31. The first-order chi connectivity index (χ1) is 9.45. The lowest BCUT2D eigenvalue weighted by molar-refractivity contribution is -0.386. The number of nitrogens with zero attached hydrogens (tertiary/aromatic N) is 1. The summed E-state index contributed by atoms with van der Waals surface area (Å²) >= 11 is 0. The van der Waals surface area contributed by atoms with Gasteiger partial charge in [-0.1, -0.05) is 12.1 Å². The van der Waals surface area contributed by atoms with Gasteiger partial charge < -0.3 is 10.1 Å². The van der Waals surface area contributed by atoms with E-state index in [0.29, 0.717) is 6.54 Å². The standard InChI is InChI=1S/C12H15N3O5/c1-3-13-12(17)14-11(16)8(2)20-10-7-5-4-6-9(10)15(18)19/h4-8H,3H2,1-2H3,(H2,13,14,16,17). The van der Waals surface area contributed by atoms with Crippen LogP contribution >= 0.6 is 0 Å². The second-order valence-electron chi connectivity index (χ2n) is 3.83. The molecule has 1 rings (SSSR count). The highest BCUT2D eigenvalue weighted by Gasteiger charge is 2.21. The van der Waals surface area contributed by atoms with Gasteiger partial charge >= 0.3 is 11.7 Å². The second-order valence-corrected chi connectivity index (χ2v) is 3.83. The molecule has 0 aliphatic carbocycles. The number of hydrogen-bond donors (Lipinski definition) is 2. The fourth-order valence-corrected chi connectivity index (χ4v) is 1.37. The molecule has 1 unspecified atom stereocenters. The molecular weight excluding hydrogens is 266 g/mol. The van der Waals surface area contributed by atoms with Gasteiger partial charge in [0, 0.05) is 12.6 Å². The van der Waals surface area contributed by atoms with E-state index in [1.807, 2.05) is 0 Å². The van der Waals surface area contributed by atoms with E-state index < -0.39 is 23.0 Å². The monoisotopic (exact) mass is 281 g/mol. The molecule has 0 aromatic heterocycles. The molecule has 1 aromatic rings. The number of imide groups is 1. The average Bonchev–Trinajstić information content (AvgIpc) is 2.39. The molecule has 1 aromatic carbocycles.